The van der Waals surface area contributed by atoms with Gasteiger partial charge < -0.3 is 14.4 Å². The maximum absolute atomic E-state index is 10.6. The molecule has 1 unspecified atom stereocenters. The Labute approximate surface area is 111 Å². The van der Waals surface area contributed by atoms with E-state index in [9.17, 15) is 4.79 Å². The van der Waals surface area contributed by atoms with Crippen LogP contribution < -0.4 is 0 Å². The van der Waals surface area contributed by atoms with Crippen molar-refractivity contribution in [1.82, 2.24) is 14.8 Å². The quantitative estimate of drug-likeness (QED) is 0.725. The zero-order chi connectivity index (χ0) is 13.5. The van der Waals surface area contributed by atoms with Crippen LogP contribution in [0.4, 0.5) is 0 Å². The molecule has 1 aromatic heterocycles. The molecule has 102 valence electrons. The van der Waals surface area contributed by atoms with Crippen molar-refractivity contribution in [2.24, 2.45) is 0 Å². The van der Waals surface area contributed by atoms with E-state index < -0.39 is 5.97 Å². The predicted molar refractivity (Wildman–Crippen MR) is 69.0 cm³/mol. The zero-order valence-electron chi connectivity index (χ0n) is 10.9. The first-order valence-corrected chi connectivity index (χ1v) is 6.86. The van der Waals surface area contributed by atoms with E-state index in [2.05, 4.69) is 17.1 Å². The van der Waals surface area contributed by atoms with Crippen molar-refractivity contribution in [3.05, 3.63) is 5.82 Å². The van der Waals surface area contributed by atoms with Crippen LogP contribution in [-0.2, 0) is 16.0 Å². The molecule has 6 nitrogen and oxygen atoms in total. The molecule has 0 amide bonds. The Kier molecular flexibility index (Phi) is 6.14. The topological polar surface area (TPSA) is 77.2 Å². The van der Waals surface area contributed by atoms with Crippen LogP contribution in [0.3, 0.4) is 0 Å². The summed E-state index contributed by atoms with van der Waals surface area (Å²) in [5.41, 5.74) is 0. The summed E-state index contributed by atoms with van der Waals surface area (Å²) in [6.45, 7) is 4.64. The van der Waals surface area contributed by atoms with E-state index in [4.69, 9.17) is 9.84 Å². The highest BCUT2D eigenvalue weighted by atomic mass is 32.2. The average molecular weight is 273 g/mol. The minimum Gasteiger partial charge on any atom is -0.481 e. The van der Waals surface area contributed by atoms with Crippen molar-refractivity contribution in [3.63, 3.8) is 0 Å². The normalized spacial score (nSPS) is 12.6. The second-order valence-electron chi connectivity index (χ2n) is 4.01. The first-order valence-electron chi connectivity index (χ1n) is 5.87. The number of hydrogen-bond donors (Lipinski definition) is 1. The number of hydrogen-bond acceptors (Lipinski definition) is 5. The van der Waals surface area contributed by atoms with Crippen molar-refractivity contribution in [2.45, 2.75) is 37.9 Å². The van der Waals surface area contributed by atoms with Crippen LogP contribution in [-0.4, -0.2) is 45.3 Å². The fourth-order valence-corrected chi connectivity index (χ4v) is 2.46. The molecule has 0 aromatic carbocycles. The van der Waals surface area contributed by atoms with Gasteiger partial charge in [0.25, 0.3) is 0 Å². The number of carboxylic acid groups (broad SMARTS) is 1. The highest BCUT2D eigenvalue weighted by molar-refractivity contribution is 7.99. The van der Waals surface area contributed by atoms with Crippen LogP contribution in [0.5, 0.6) is 0 Å². The molecule has 0 bridgehead atoms. The molecular weight excluding hydrogens is 254 g/mol. The summed E-state index contributed by atoms with van der Waals surface area (Å²) in [5.74, 6) is 0.0187. The van der Waals surface area contributed by atoms with Crippen molar-refractivity contribution < 1.29 is 14.6 Å². The molecule has 0 aliphatic heterocycles. The van der Waals surface area contributed by atoms with Crippen LogP contribution in [0, 0.1) is 0 Å². The fourth-order valence-electron chi connectivity index (χ4n) is 1.68. The Balaban J connectivity index is 2.90. The summed E-state index contributed by atoms with van der Waals surface area (Å²) in [6.07, 6.45) is 1.80. The standard InChI is InChI=1S/C11H19N3O3S/c1-4-5-9-12-13-11(18-7-10(15)16)14(9)8(2)6-17-3/h8H,4-7H2,1-3H3,(H,15,16). The molecule has 0 spiro atoms. The van der Waals surface area contributed by atoms with E-state index in [1.165, 1.54) is 11.8 Å². The smallest absolute Gasteiger partial charge is 0.313 e. The molecule has 0 fully saturated rings. The number of methoxy groups -OCH3 is 1. The van der Waals surface area contributed by atoms with Gasteiger partial charge in [-0.25, -0.2) is 0 Å². The summed E-state index contributed by atoms with van der Waals surface area (Å²) in [4.78, 5) is 10.6. The fraction of sp³-hybridized carbons (Fsp3) is 0.727. The van der Waals surface area contributed by atoms with E-state index in [0.29, 0.717) is 11.8 Å². The number of nitrogens with zero attached hydrogens (tertiary/aromatic N) is 3. The highest BCUT2D eigenvalue weighted by Crippen LogP contribution is 2.22. The summed E-state index contributed by atoms with van der Waals surface area (Å²) >= 11 is 1.19. The van der Waals surface area contributed by atoms with Crippen molar-refractivity contribution in [2.75, 3.05) is 19.5 Å². The van der Waals surface area contributed by atoms with Gasteiger partial charge in [-0.15, -0.1) is 10.2 Å². The minimum absolute atomic E-state index is 0.00996. The maximum Gasteiger partial charge on any atom is 0.313 e. The summed E-state index contributed by atoms with van der Waals surface area (Å²) in [5, 5.41) is 17.6. The Hall–Kier alpha value is -1.08. The minimum atomic E-state index is -0.856. The van der Waals surface area contributed by atoms with Gasteiger partial charge in [-0.2, -0.15) is 0 Å². The summed E-state index contributed by atoms with van der Waals surface area (Å²) in [6, 6.07) is 0.0999. The van der Waals surface area contributed by atoms with Gasteiger partial charge in [0.2, 0.25) is 0 Å². The van der Waals surface area contributed by atoms with Crippen molar-refractivity contribution in [3.8, 4) is 0 Å². The SMILES string of the molecule is CCCc1nnc(SCC(=O)O)n1C(C)COC. The molecular formula is C11H19N3O3S. The number of aryl methyl sites for hydroxylation is 1. The van der Waals surface area contributed by atoms with E-state index in [1.54, 1.807) is 7.11 Å². The Bertz CT molecular complexity index is 395. The van der Waals surface area contributed by atoms with E-state index >= 15 is 0 Å². The van der Waals surface area contributed by atoms with Crippen LogP contribution in [0.1, 0.15) is 32.1 Å². The number of ether oxygens (including phenoxy) is 1. The number of aromatic nitrogens is 3. The van der Waals surface area contributed by atoms with Gasteiger partial charge in [0.15, 0.2) is 5.16 Å². The Morgan fingerprint density at radius 3 is 2.83 bits per heavy atom. The lowest BCUT2D eigenvalue weighted by Crippen LogP contribution is -2.15. The Morgan fingerprint density at radius 2 is 2.28 bits per heavy atom. The van der Waals surface area contributed by atoms with Crippen LogP contribution in [0.15, 0.2) is 5.16 Å². The lowest BCUT2D eigenvalue weighted by Gasteiger charge is -2.16. The zero-order valence-corrected chi connectivity index (χ0v) is 11.7. The molecule has 18 heavy (non-hydrogen) atoms. The molecule has 0 saturated heterocycles. The van der Waals surface area contributed by atoms with Crippen molar-refractivity contribution in [1.29, 1.82) is 0 Å². The van der Waals surface area contributed by atoms with Gasteiger partial charge in [0.05, 0.1) is 18.4 Å². The molecule has 7 heteroatoms. The van der Waals surface area contributed by atoms with Crippen LogP contribution in [0.25, 0.3) is 0 Å². The molecule has 1 rings (SSSR count). The molecule has 1 heterocycles. The van der Waals surface area contributed by atoms with Crippen molar-refractivity contribution >= 4 is 17.7 Å². The summed E-state index contributed by atoms with van der Waals surface area (Å²) < 4.78 is 7.11. The molecule has 1 atom stereocenters. The maximum atomic E-state index is 10.6. The van der Waals surface area contributed by atoms with Gasteiger partial charge in [0, 0.05) is 13.5 Å². The average Bonchev–Trinajstić information content (AvgIpc) is 2.70. The highest BCUT2D eigenvalue weighted by Gasteiger charge is 2.17. The first kappa shape index (κ1) is 15.0. The Morgan fingerprint density at radius 1 is 1.56 bits per heavy atom. The number of rotatable bonds is 8. The van der Waals surface area contributed by atoms with Crippen LogP contribution in [0.2, 0.25) is 0 Å². The van der Waals surface area contributed by atoms with Crippen LogP contribution >= 0.6 is 11.8 Å². The lowest BCUT2D eigenvalue weighted by molar-refractivity contribution is -0.133. The van der Waals surface area contributed by atoms with E-state index in [1.807, 2.05) is 11.5 Å². The summed E-state index contributed by atoms with van der Waals surface area (Å²) in [7, 11) is 1.64. The van der Waals surface area contributed by atoms with Gasteiger partial charge in [-0.05, 0) is 13.3 Å². The molecule has 1 N–H and O–H groups in total. The van der Waals surface area contributed by atoms with E-state index in [0.717, 1.165) is 18.7 Å². The number of carboxylic acids is 1. The molecule has 0 radical (unpaired) electrons. The first-order chi connectivity index (χ1) is 8.60. The van der Waals surface area contributed by atoms with Gasteiger partial charge in [-0.1, -0.05) is 18.7 Å². The number of aliphatic carboxylic acids is 1. The largest absolute Gasteiger partial charge is 0.481 e. The number of carbonyl (C=O) groups is 1. The predicted octanol–water partition coefficient (Wildman–Crippen LogP) is 1.61. The number of thioether (sulfide) groups is 1. The second kappa shape index (κ2) is 7.38. The van der Waals surface area contributed by atoms with Gasteiger partial charge in [0.1, 0.15) is 5.82 Å². The third kappa shape index (κ3) is 3.99. The molecule has 0 aliphatic rings. The van der Waals surface area contributed by atoms with Gasteiger partial charge in [-0.3, -0.25) is 4.79 Å². The second-order valence-corrected chi connectivity index (χ2v) is 4.95. The molecule has 0 aliphatic carbocycles. The van der Waals surface area contributed by atoms with Gasteiger partial charge >= 0.3 is 5.97 Å². The lowest BCUT2D eigenvalue weighted by atomic mass is 10.3. The van der Waals surface area contributed by atoms with E-state index in [-0.39, 0.29) is 11.8 Å². The molecule has 1 aromatic rings. The monoisotopic (exact) mass is 273 g/mol. The third-order valence-electron chi connectivity index (χ3n) is 2.38. The third-order valence-corrected chi connectivity index (χ3v) is 3.31. The molecule has 0 saturated carbocycles.